The van der Waals surface area contributed by atoms with Crippen molar-refractivity contribution in [1.82, 2.24) is 0 Å². The molecule has 0 radical (unpaired) electrons. The van der Waals surface area contributed by atoms with E-state index in [9.17, 15) is 25.0 Å². The van der Waals surface area contributed by atoms with E-state index < -0.39 is 15.5 Å². The Morgan fingerprint density at radius 1 is 0.969 bits per heavy atom. The molecule has 0 unspecified atom stereocenters. The van der Waals surface area contributed by atoms with Crippen LogP contribution in [0, 0.1) is 26.1 Å². The first-order valence-corrected chi connectivity index (χ1v) is 9.87. The van der Waals surface area contributed by atoms with E-state index in [1.54, 1.807) is 0 Å². The van der Waals surface area contributed by atoms with Crippen molar-refractivity contribution in [3.05, 3.63) is 110 Å². The predicted octanol–water partition coefficient (Wildman–Crippen LogP) is 4.76. The topological polar surface area (TPSA) is 128 Å². The van der Waals surface area contributed by atoms with Gasteiger partial charge in [0.2, 0.25) is 0 Å². The number of nitro benzene ring substituents is 2. The van der Waals surface area contributed by atoms with Gasteiger partial charge in [-0.3, -0.25) is 30.4 Å². The summed E-state index contributed by atoms with van der Waals surface area (Å²) in [5, 5.41) is 26.8. The molecule has 1 N–H and O–H groups in total. The molecule has 1 aliphatic carbocycles. The highest BCUT2D eigenvalue weighted by Gasteiger charge is 2.31. The van der Waals surface area contributed by atoms with Gasteiger partial charge in [0.05, 0.1) is 21.6 Å². The fourth-order valence-electron chi connectivity index (χ4n) is 3.78. The van der Waals surface area contributed by atoms with Crippen LogP contribution in [0.4, 0.5) is 17.1 Å². The molecule has 4 rings (SSSR count). The maximum absolute atomic E-state index is 12.9. The van der Waals surface area contributed by atoms with Gasteiger partial charge in [-0.15, -0.1) is 0 Å². The average Bonchev–Trinajstić information content (AvgIpc) is 3.12. The van der Waals surface area contributed by atoms with Crippen molar-refractivity contribution in [2.45, 2.75) is 12.8 Å². The molecule has 0 amide bonds. The summed E-state index contributed by atoms with van der Waals surface area (Å²) in [6.45, 7) is 0. The summed E-state index contributed by atoms with van der Waals surface area (Å²) in [7, 11) is 0. The van der Waals surface area contributed by atoms with E-state index in [0.717, 1.165) is 17.2 Å². The smallest absolute Gasteiger partial charge is 0.294 e. The number of nitro groups is 2. The first kappa shape index (κ1) is 20.9. The molecule has 160 valence electrons. The van der Waals surface area contributed by atoms with E-state index >= 15 is 0 Å². The van der Waals surface area contributed by atoms with Gasteiger partial charge in [0.15, 0.2) is 5.78 Å². The van der Waals surface area contributed by atoms with Crippen molar-refractivity contribution >= 4 is 28.6 Å². The number of Topliss-reactive ketones (excluding diaryl/α,β-unsaturated/α-hetero) is 1. The lowest BCUT2D eigenvalue weighted by Crippen LogP contribution is -2.16. The largest absolute Gasteiger partial charge is 0.301 e. The van der Waals surface area contributed by atoms with Gasteiger partial charge >= 0.3 is 5.69 Å². The maximum atomic E-state index is 12.9. The third-order valence-corrected chi connectivity index (χ3v) is 5.37. The van der Waals surface area contributed by atoms with E-state index in [1.165, 1.54) is 12.1 Å². The minimum absolute atomic E-state index is 0.0232. The number of carbonyl (C=O) groups excluding carboxylic acids is 1. The fourth-order valence-corrected chi connectivity index (χ4v) is 3.78. The minimum atomic E-state index is -0.704. The summed E-state index contributed by atoms with van der Waals surface area (Å²) in [4.78, 5) is 33.8. The molecule has 3 aromatic rings. The molecule has 0 aliphatic heterocycles. The van der Waals surface area contributed by atoms with Crippen molar-refractivity contribution in [3.63, 3.8) is 0 Å². The normalized spacial score (nSPS) is 15.3. The Morgan fingerprint density at radius 3 is 2.38 bits per heavy atom. The second-order valence-corrected chi connectivity index (χ2v) is 7.38. The van der Waals surface area contributed by atoms with Gasteiger partial charge < -0.3 is 0 Å². The Kier molecular flexibility index (Phi) is 5.71. The summed E-state index contributed by atoms with van der Waals surface area (Å²) in [6.07, 6.45) is 0.934. The Labute approximate surface area is 182 Å². The van der Waals surface area contributed by atoms with Crippen LogP contribution in [0.5, 0.6) is 0 Å². The number of rotatable bonds is 7. The summed E-state index contributed by atoms with van der Waals surface area (Å²) < 4.78 is 0. The summed E-state index contributed by atoms with van der Waals surface area (Å²) in [5.74, 6) is -0.245. The van der Waals surface area contributed by atoms with Gasteiger partial charge in [-0.2, -0.15) is 5.10 Å². The summed E-state index contributed by atoms with van der Waals surface area (Å²) in [5.41, 5.74) is 4.90. The highest BCUT2D eigenvalue weighted by Crippen LogP contribution is 2.31. The van der Waals surface area contributed by atoms with Crippen LogP contribution in [-0.4, -0.2) is 21.3 Å². The van der Waals surface area contributed by atoms with Crippen molar-refractivity contribution < 1.29 is 14.6 Å². The van der Waals surface area contributed by atoms with E-state index in [0.29, 0.717) is 24.1 Å². The van der Waals surface area contributed by atoms with Gasteiger partial charge in [0.25, 0.3) is 5.69 Å². The lowest BCUT2D eigenvalue weighted by molar-refractivity contribution is -0.393. The van der Waals surface area contributed by atoms with Gasteiger partial charge in [-0.05, 0) is 23.6 Å². The maximum Gasteiger partial charge on any atom is 0.301 e. The number of hydrazone groups is 1. The zero-order valence-electron chi connectivity index (χ0n) is 16.8. The Hall–Kier alpha value is -4.40. The number of hydrogen-bond donors (Lipinski definition) is 1. The molecule has 1 aliphatic rings. The molecule has 0 fully saturated rings. The van der Waals surface area contributed by atoms with E-state index in [-0.39, 0.29) is 23.1 Å². The van der Waals surface area contributed by atoms with Gasteiger partial charge in [-0.1, -0.05) is 54.6 Å². The summed E-state index contributed by atoms with van der Waals surface area (Å²) >= 11 is 0. The zero-order valence-corrected chi connectivity index (χ0v) is 16.8. The second kappa shape index (κ2) is 8.76. The number of nitrogens with one attached hydrogen (secondary N) is 1. The molecule has 0 saturated carbocycles. The number of fused-ring (bicyclic) bond motifs is 1. The molecule has 0 spiro atoms. The van der Waals surface area contributed by atoms with Crippen LogP contribution in [0.1, 0.15) is 27.9 Å². The molecular weight excluding hydrogens is 412 g/mol. The second-order valence-electron chi connectivity index (χ2n) is 7.38. The highest BCUT2D eigenvalue weighted by atomic mass is 16.6. The number of carbonyl (C=O) groups is 1. The summed E-state index contributed by atoms with van der Waals surface area (Å²) in [6, 6.07) is 20.0. The van der Waals surface area contributed by atoms with Crippen LogP contribution in [-0.2, 0) is 6.42 Å². The number of nitrogens with zero attached hydrogens (tertiary/aromatic N) is 3. The standard InChI is InChI=1S/C23H18N4O5/c28-23-17(12-16-8-4-5-9-19(16)23)13-21(15-6-2-1-3-7-15)25-24-20-11-10-18(26(29)30)14-22(20)27(31)32/h1-11,14,17,24H,12-13H2/b25-21-/t17-/m1/s1. The molecule has 1 atom stereocenters. The van der Waals surface area contributed by atoms with Crippen molar-refractivity contribution in [3.8, 4) is 0 Å². The number of ketones is 1. The van der Waals surface area contributed by atoms with Crippen molar-refractivity contribution in [1.29, 1.82) is 0 Å². The Balaban J connectivity index is 1.65. The molecule has 9 nitrogen and oxygen atoms in total. The fraction of sp³-hybridized carbons (Fsp3) is 0.130. The van der Waals surface area contributed by atoms with Crippen LogP contribution < -0.4 is 5.43 Å². The third kappa shape index (κ3) is 4.22. The van der Waals surface area contributed by atoms with E-state index in [4.69, 9.17) is 0 Å². The zero-order chi connectivity index (χ0) is 22.7. The average molecular weight is 430 g/mol. The van der Waals surface area contributed by atoms with Crippen LogP contribution >= 0.6 is 0 Å². The molecule has 0 saturated heterocycles. The van der Waals surface area contributed by atoms with Crippen LogP contribution in [0.2, 0.25) is 0 Å². The SMILES string of the molecule is O=C1c2ccccc2C[C@@H]1C/C(=N/Nc1ccc([N+](=O)[O-])cc1[N+](=O)[O-])c1ccccc1. The number of hydrogen-bond acceptors (Lipinski definition) is 7. The molecule has 0 bridgehead atoms. The predicted molar refractivity (Wildman–Crippen MR) is 119 cm³/mol. The number of anilines is 1. The monoisotopic (exact) mass is 430 g/mol. The van der Waals surface area contributed by atoms with Crippen LogP contribution in [0.15, 0.2) is 77.9 Å². The molecule has 0 aromatic heterocycles. The van der Waals surface area contributed by atoms with Crippen LogP contribution in [0.25, 0.3) is 0 Å². The van der Waals surface area contributed by atoms with Gasteiger partial charge in [-0.25, -0.2) is 0 Å². The molecular formula is C23H18N4O5. The first-order valence-electron chi connectivity index (χ1n) is 9.87. The van der Waals surface area contributed by atoms with Crippen molar-refractivity contribution in [2.24, 2.45) is 11.0 Å². The Bertz CT molecular complexity index is 1240. The van der Waals surface area contributed by atoms with Crippen molar-refractivity contribution in [2.75, 3.05) is 5.43 Å². The molecule has 0 heterocycles. The minimum Gasteiger partial charge on any atom is -0.294 e. The lowest BCUT2D eigenvalue weighted by Gasteiger charge is -2.12. The molecule has 9 heteroatoms. The lowest BCUT2D eigenvalue weighted by atomic mass is 9.94. The quantitative estimate of drug-likeness (QED) is 0.327. The molecule has 32 heavy (non-hydrogen) atoms. The van der Waals surface area contributed by atoms with Gasteiger partial charge in [0, 0.05) is 24.0 Å². The third-order valence-electron chi connectivity index (χ3n) is 5.37. The van der Waals surface area contributed by atoms with E-state index in [1.807, 2.05) is 54.6 Å². The van der Waals surface area contributed by atoms with E-state index in [2.05, 4.69) is 10.5 Å². The molecule has 3 aromatic carbocycles. The number of benzene rings is 3. The Morgan fingerprint density at radius 2 is 1.69 bits per heavy atom. The highest BCUT2D eigenvalue weighted by molar-refractivity contribution is 6.08. The van der Waals surface area contributed by atoms with Gasteiger partial charge in [0.1, 0.15) is 5.69 Å². The number of non-ortho nitro benzene ring substituents is 1. The first-order chi connectivity index (χ1) is 15.4. The van der Waals surface area contributed by atoms with Crippen LogP contribution in [0.3, 0.4) is 0 Å².